The van der Waals surface area contributed by atoms with E-state index in [1.165, 1.54) is 35.7 Å². The summed E-state index contributed by atoms with van der Waals surface area (Å²) in [6.07, 6.45) is 3.46. The maximum absolute atomic E-state index is 12.0. The molecular formula is C21H29NO2. The predicted octanol–water partition coefficient (Wildman–Crippen LogP) is 5.16. The molecule has 0 fully saturated rings. The van der Waals surface area contributed by atoms with Crippen molar-refractivity contribution in [3.05, 3.63) is 35.0 Å². The number of carbonyl (C=O) groups excluding carboxylic acids is 1. The molecule has 0 N–H and O–H groups in total. The van der Waals surface area contributed by atoms with Crippen LogP contribution >= 0.6 is 0 Å². The van der Waals surface area contributed by atoms with E-state index in [1.54, 1.807) is 0 Å². The van der Waals surface area contributed by atoms with Crippen LogP contribution in [-0.2, 0) is 17.6 Å². The Morgan fingerprint density at radius 3 is 2.58 bits per heavy atom. The SMILES string of the molecule is COC(=O)c1ccc2c(c1)c1c(n2C(C)C)CCC(C(C)(C)C)C1. The van der Waals surface area contributed by atoms with Crippen molar-refractivity contribution in [2.24, 2.45) is 11.3 Å². The van der Waals surface area contributed by atoms with E-state index in [0.717, 1.165) is 12.8 Å². The molecule has 3 heteroatoms. The highest BCUT2D eigenvalue weighted by Gasteiger charge is 2.32. The van der Waals surface area contributed by atoms with Gasteiger partial charge >= 0.3 is 5.97 Å². The first-order valence-electron chi connectivity index (χ1n) is 8.98. The molecule has 1 aliphatic carbocycles. The van der Waals surface area contributed by atoms with Gasteiger partial charge < -0.3 is 9.30 Å². The number of nitrogens with zero attached hydrogens (tertiary/aromatic N) is 1. The van der Waals surface area contributed by atoms with Gasteiger partial charge in [0, 0.05) is 22.6 Å². The molecule has 0 saturated carbocycles. The number of carbonyl (C=O) groups is 1. The molecule has 1 aromatic carbocycles. The van der Waals surface area contributed by atoms with E-state index in [9.17, 15) is 4.79 Å². The third-order valence-corrected chi connectivity index (χ3v) is 5.56. The highest BCUT2D eigenvalue weighted by atomic mass is 16.5. The number of fused-ring (bicyclic) bond motifs is 3. The Kier molecular flexibility index (Phi) is 4.23. The number of rotatable bonds is 2. The maximum atomic E-state index is 12.0. The van der Waals surface area contributed by atoms with Crippen LogP contribution in [0, 0.1) is 11.3 Å². The van der Waals surface area contributed by atoms with Gasteiger partial charge in [0.15, 0.2) is 0 Å². The van der Waals surface area contributed by atoms with Gasteiger partial charge in [0.25, 0.3) is 0 Å². The molecule has 24 heavy (non-hydrogen) atoms. The topological polar surface area (TPSA) is 31.2 Å². The molecule has 1 aliphatic rings. The van der Waals surface area contributed by atoms with Crippen molar-refractivity contribution < 1.29 is 9.53 Å². The summed E-state index contributed by atoms with van der Waals surface area (Å²) in [4.78, 5) is 12.0. The van der Waals surface area contributed by atoms with Gasteiger partial charge in [0.1, 0.15) is 0 Å². The van der Waals surface area contributed by atoms with E-state index in [-0.39, 0.29) is 5.97 Å². The normalized spacial score (nSPS) is 18.0. The predicted molar refractivity (Wildman–Crippen MR) is 98.6 cm³/mol. The van der Waals surface area contributed by atoms with Crippen LogP contribution in [0.15, 0.2) is 18.2 Å². The summed E-state index contributed by atoms with van der Waals surface area (Å²) in [7, 11) is 1.44. The highest BCUT2D eigenvalue weighted by molar-refractivity contribution is 5.96. The Labute approximate surface area is 145 Å². The van der Waals surface area contributed by atoms with Gasteiger partial charge in [-0.15, -0.1) is 0 Å². The average Bonchev–Trinajstić information content (AvgIpc) is 2.86. The number of hydrogen-bond acceptors (Lipinski definition) is 2. The molecule has 1 unspecified atom stereocenters. The summed E-state index contributed by atoms with van der Waals surface area (Å²) in [5.74, 6) is 0.420. The summed E-state index contributed by atoms with van der Waals surface area (Å²) in [5.41, 5.74) is 5.10. The van der Waals surface area contributed by atoms with Gasteiger partial charge in [0.2, 0.25) is 0 Å². The number of benzene rings is 1. The number of aromatic nitrogens is 1. The van der Waals surface area contributed by atoms with Gasteiger partial charge in [-0.05, 0) is 68.2 Å². The van der Waals surface area contributed by atoms with Crippen LogP contribution in [0.4, 0.5) is 0 Å². The van der Waals surface area contributed by atoms with Gasteiger partial charge in [-0.3, -0.25) is 0 Å². The van der Waals surface area contributed by atoms with Gasteiger partial charge in [-0.1, -0.05) is 20.8 Å². The standard InChI is InChI=1S/C21H29NO2/c1-13(2)22-18-9-7-14(20(23)24-6)11-16(18)17-12-15(21(3,4)5)8-10-19(17)22/h7,9,11,13,15H,8,10,12H2,1-6H3. The third kappa shape index (κ3) is 2.74. The molecule has 0 amide bonds. The van der Waals surface area contributed by atoms with Crippen molar-refractivity contribution in [3.63, 3.8) is 0 Å². The van der Waals surface area contributed by atoms with E-state index in [0.29, 0.717) is 22.9 Å². The lowest BCUT2D eigenvalue weighted by atomic mass is 9.71. The van der Waals surface area contributed by atoms with Crippen LogP contribution in [0.25, 0.3) is 10.9 Å². The number of ether oxygens (including phenoxy) is 1. The lowest BCUT2D eigenvalue weighted by molar-refractivity contribution is 0.0601. The van der Waals surface area contributed by atoms with Crippen LogP contribution < -0.4 is 0 Å². The van der Waals surface area contributed by atoms with Gasteiger partial charge in [0.05, 0.1) is 12.7 Å². The van der Waals surface area contributed by atoms with Gasteiger partial charge in [-0.25, -0.2) is 4.79 Å². The monoisotopic (exact) mass is 327 g/mol. The van der Waals surface area contributed by atoms with Crippen molar-refractivity contribution >= 4 is 16.9 Å². The first-order valence-corrected chi connectivity index (χ1v) is 8.98. The molecule has 130 valence electrons. The summed E-state index contributed by atoms with van der Waals surface area (Å²) >= 11 is 0. The largest absolute Gasteiger partial charge is 0.465 e. The smallest absolute Gasteiger partial charge is 0.337 e. The Balaban J connectivity index is 2.20. The lowest BCUT2D eigenvalue weighted by Gasteiger charge is -2.34. The molecule has 3 nitrogen and oxygen atoms in total. The van der Waals surface area contributed by atoms with Crippen LogP contribution in [0.3, 0.4) is 0 Å². The molecule has 0 aliphatic heterocycles. The minimum atomic E-state index is -0.258. The zero-order chi connectivity index (χ0) is 17.6. The molecule has 3 rings (SSSR count). The third-order valence-electron chi connectivity index (χ3n) is 5.56. The van der Waals surface area contributed by atoms with E-state index >= 15 is 0 Å². The number of hydrogen-bond donors (Lipinski definition) is 0. The molecule has 1 atom stereocenters. The Morgan fingerprint density at radius 1 is 1.29 bits per heavy atom. The first kappa shape index (κ1) is 17.1. The van der Waals surface area contributed by atoms with Crippen molar-refractivity contribution in [2.45, 2.75) is 59.9 Å². The van der Waals surface area contributed by atoms with Gasteiger partial charge in [-0.2, -0.15) is 0 Å². The molecule has 0 spiro atoms. The van der Waals surface area contributed by atoms with Crippen LogP contribution in [0.2, 0.25) is 0 Å². The Morgan fingerprint density at radius 2 is 2.00 bits per heavy atom. The summed E-state index contributed by atoms with van der Waals surface area (Å²) in [6.45, 7) is 11.5. The fraction of sp³-hybridized carbons (Fsp3) is 0.571. The van der Waals surface area contributed by atoms with Crippen LogP contribution in [-0.4, -0.2) is 17.6 Å². The maximum Gasteiger partial charge on any atom is 0.337 e. The average molecular weight is 327 g/mol. The minimum Gasteiger partial charge on any atom is -0.465 e. The first-order chi connectivity index (χ1) is 11.2. The van der Waals surface area contributed by atoms with Crippen molar-refractivity contribution in [3.8, 4) is 0 Å². The van der Waals surface area contributed by atoms with Crippen LogP contribution in [0.1, 0.15) is 68.7 Å². The van der Waals surface area contributed by atoms with Crippen molar-refractivity contribution in [2.75, 3.05) is 7.11 Å². The fourth-order valence-electron chi connectivity index (χ4n) is 4.17. The molecule has 0 bridgehead atoms. The van der Waals surface area contributed by atoms with Crippen molar-refractivity contribution in [1.29, 1.82) is 0 Å². The molecular weight excluding hydrogens is 298 g/mol. The molecule has 2 aromatic rings. The zero-order valence-electron chi connectivity index (χ0n) is 15.8. The summed E-state index contributed by atoms with van der Waals surface area (Å²) in [5, 5.41) is 1.23. The van der Waals surface area contributed by atoms with E-state index in [2.05, 4.69) is 45.3 Å². The minimum absolute atomic E-state index is 0.258. The highest BCUT2D eigenvalue weighted by Crippen LogP contribution is 2.42. The molecule has 0 saturated heterocycles. The van der Waals surface area contributed by atoms with Crippen molar-refractivity contribution in [1.82, 2.24) is 4.57 Å². The molecule has 1 heterocycles. The van der Waals surface area contributed by atoms with E-state index in [1.807, 2.05) is 12.1 Å². The summed E-state index contributed by atoms with van der Waals surface area (Å²) < 4.78 is 7.38. The molecule has 1 aromatic heterocycles. The molecule has 0 radical (unpaired) electrons. The second-order valence-corrected chi connectivity index (χ2v) is 8.42. The van der Waals surface area contributed by atoms with Crippen LogP contribution in [0.5, 0.6) is 0 Å². The second kappa shape index (κ2) is 5.94. The Hall–Kier alpha value is -1.77. The number of methoxy groups -OCH3 is 1. The summed E-state index contributed by atoms with van der Waals surface area (Å²) in [6, 6.07) is 6.43. The van der Waals surface area contributed by atoms with E-state index in [4.69, 9.17) is 4.74 Å². The fourth-order valence-corrected chi connectivity index (χ4v) is 4.17. The second-order valence-electron chi connectivity index (χ2n) is 8.42. The Bertz CT molecular complexity index is 777. The lowest BCUT2D eigenvalue weighted by Crippen LogP contribution is -2.27. The number of esters is 1. The van der Waals surface area contributed by atoms with E-state index < -0.39 is 0 Å². The quantitative estimate of drug-likeness (QED) is 0.713. The zero-order valence-corrected chi connectivity index (χ0v) is 15.8.